The van der Waals surface area contributed by atoms with Crippen LogP contribution in [-0.4, -0.2) is 34.1 Å². The Hall–Kier alpha value is -2.37. The fraction of sp³-hybridized carbons (Fsp3) is 0.182. The maximum atomic E-state index is 11.5. The maximum Gasteiger partial charge on any atom is 0.338 e. The minimum absolute atomic E-state index is 0.384. The van der Waals surface area contributed by atoms with Crippen LogP contribution in [0.1, 0.15) is 21.7 Å². The second kappa shape index (κ2) is 4.25. The van der Waals surface area contributed by atoms with Gasteiger partial charge in [-0.1, -0.05) is 5.16 Å². The predicted octanol–water partition coefficient (Wildman–Crippen LogP) is 1.24. The summed E-state index contributed by atoms with van der Waals surface area (Å²) in [6.07, 6.45) is 1.21. The summed E-state index contributed by atoms with van der Waals surface area (Å²) < 4.78 is 6.23. The number of fused-ring (bicyclic) bond motifs is 1. The van der Waals surface area contributed by atoms with Gasteiger partial charge in [-0.3, -0.25) is 0 Å². The van der Waals surface area contributed by atoms with Crippen LogP contribution in [0.4, 0.5) is 0 Å². The number of pyridine rings is 1. The van der Waals surface area contributed by atoms with E-state index in [1.165, 1.54) is 13.3 Å². The molecule has 0 unspecified atom stereocenters. The highest BCUT2D eigenvalue weighted by atomic mass is 16.5. The molecule has 17 heavy (non-hydrogen) atoms. The summed E-state index contributed by atoms with van der Waals surface area (Å²) in [5.41, 5.74) is 2.42. The molecular formula is C11H11N3O3. The summed E-state index contributed by atoms with van der Waals surface area (Å²) in [5, 5.41) is 15.8. The van der Waals surface area contributed by atoms with Gasteiger partial charge in [0.05, 0.1) is 35.8 Å². The second-order valence-corrected chi connectivity index (χ2v) is 3.53. The lowest BCUT2D eigenvalue weighted by Crippen LogP contribution is -2.06. The molecule has 2 aromatic heterocycles. The molecule has 0 aliphatic heterocycles. The Morgan fingerprint density at radius 1 is 1.53 bits per heavy atom. The first-order valence-electron chi connectivity index (χ1n) is 4.92. The summed E-state index contributed by atoms with van der Waals surface area (Å²) in [4.78, 5) is 11.5. The zero-order chi connectivity index (χ0) is 12.4. The summed E-state index contributed by atoms with van der Waals surface area (Å²) in [6.45, 7) is 1.84. The van der Waals surface area contributed by atoms with Crippen LogP contribution in [0.15, 0.2) is 23.4 Å². The number of carbonyl (C=O) groups excluding carboxylic acids is 1. The van der Waals surface area contributed by atoms with Crippen molar-refractivity contribution in [3.63, 3.8) is 0 Å². The van der Waals surface area contributed by atoms with E-state index < -0.39 is 5.97 Å². The quantitative estimate of drug-likeness (QED) is 0.366. The number of nitrogens with zero attached hydrogens (tertiary/aromatic N) is 3. The van der Waals surface area contributed by atoms with Crippen LogP contribution >= 0.6 is 0 Å². The molecule has 0 bridgehead atoms. The number of aromatic nitrogens is 2. The summed E-state index contributed by atoms with van der Waals surface area (Å²) in [5.74, 6) is -0.445. The van der Waals surface area contributed by atoms with Crippen molar-refractivity contribution in [3.8, 4) is 0 Å². The Kier molecular flexibility index (Phi) is 2.78. The van der Waals surface area contributed by atoms with Gasteiger partial charge in [-0.2, -0.15) is 5.10 Å². The number of hydrogen-bond acceptors (Lipinski definition) is 5. The summed E-state index contributed by atoms with van der Waals surface area (Å²) in [6, 6.07) is 5.03. The zero-order valence-electron chi connectivity index (χ0n) is 9.41. The number of carbonyl (C=O) groups is 1. The van der Waals surface area contributed by atoms with Crippen molar-refractivity contribution in [1.29, 1.82) is 0 Å². The maximum absolute atomic E-state index is 11.5. The molecule has 6 nitrogen and oxygen atoms in total. The molecule has 6 heteroatoms. The summed E-state index contributed by atoms with van der Waals surface area (Å²) in [7, 11) is 1.31. The van der Waals surface area contributed by atoms with Crippen LogP contribution in [0.2, 0.25) is 0 Å². The SMILES string of the molecule is COC(=O)c1cc(/C=N/O)n2nc(C)cc2c1. The monoisotopic (exact) mass is 233 g/mol. The molecule has 0 aliphatic rings. The number of methoxy groups -OCH3 is 1. The molecule has 0 saturated heterocycles. The lowest BCUT2D eigenvalue weighted by atomic mass is 10.2. The molecule has 0 atom stereocenters. The van der Waals surface area contributed by atoms with Crippen molar-refractivity contribution in [2.45, 2.75) is 6.92 Å². The van der Waals surface area contributed by atoms with Gasteiger partial charge >= 0.3 is 5.97 Å². The molecule has 0 fully saturated rings. The van der Waals surface area contributed by atoms with Crippen LogP contribution in [0.5, 0.6) is 0 Å². The van der Waals surface area contributed by atoms with Crippen LogP contribution in [0, 0.1) is 6.92 Å². The Balaban J connectivity index is 2.70. The van der Waals surface area contributed by atoms with Crippen LogP contribution < -0.4 is 0 Å². The standard InChI is InChI=1S/C11H11N3O3/c1-7-3-9-4-8(11(15)17-2)5-10(6-12-16)14(9)13-7/h3-6,16H,1-2H3/b12-6+. The predicted molar refractivity (Wildman–Crippen MR) is 60.6 cm³/mol. The van der Waals surface area contributed by atoms with E-state index in [0.29, 0.717) is 11.3 Å². The van der Waals surface area contributed by atoms with Gasteiger partial charge in [-0.15, -0.1) is 0 Å². The number of esters is 1. The van der Waals surface area contributed by atoms with Gasteiger partial charge in [0.1, 0.15) is 0 Å². The van der Waals surface area contributed by atoms with E-state index in [1.807, 2.05) is 13.0 Å². The summed E-state index contributed by atoms with van der Waals surface area (Å²) >= 11 is 0. The van der Waals surface area contributed by atoms with Crippen molar-refractivity contribution in [3.05, 3.63) is 35.2 Å². The molecule has 0 amide bonds. The normalized spacial score (nSPS) is 11.2. The topological polar surface area (TPSA) is 76.2 Å². The first-order chi connectivity index (χ1) is 8.15. The second-order valence-electron chi connectivity index (χ2n) is 3.53. The number of oxime groups is 1. The van der Waals surface area contributed by atoms with Gasteiger partial charge in [-0.25, -0.2) is 9.31 Å². The highest BCUT2D eigenvalue weighted by Crippen LogP contribution is 2.13. The number of rotatable bonds is 2. The molecule has 0 radical (unpaired) electrons. The van der Waals surface area contributed by atoms with Gasteiger partial charge in [0.15, 0.2) is 0 Å². The van der Waals surface area contributed by atoms with Gasteiger partial charge in [0.2, 0.25) is 0 Å². The van der Waals surface area contributed by atoms with Crippen LogP contribution in [0.3, 0.4) is 0 Å². The van der Waals surface area contributed by atoms with Crippen molar-refractivity contribution >= 4 is 17.7 Å². The third kappa shape index (κ3) is 1.96. The lowest BCUT2D eigenvalue weighted by molar-refractivity contribution is 0.0600. The minimum atomic E-state index is -0.445. The highest BCUT2D eigenvalue weighted by Gasteiger charge is 2.11. The van der Waals surface area contributed by atoms with Crippen molar-refractivity contribution < 1.29 is 14.7 Å². The molecule has 1 N–H and O–H groups in total. The molecule has 0 spiro atoms. The van der Waals surface area contributed by atoms with E-state index in [1.54, 1.807) is 16.6 Å². The average Bonchev–Trinajstić information content (AvgIpc) is 2.69. The van der Waals surface area contributed by atoms with Gasteiger partial charge in [-0.05, 0) is 25.1 Å². The van der Waals surface area contributed by atoms with Crippen molar-refractivity contribution in [2.75, 3.05) is 7.11 Å². The zero-order valence-corrected chi connectivity index (χ0v) is 9.41. The first-order valence-corrected chi connectivity index (χ1v) is 4.92. The van der Waals surface area contributed by atoms with E-state index in [9.17, 15) is 4.79 Å². The molecule has 0 aliphatic carbocycles. The molecule has 0 aromatic carbocycles. The number of aryl methyl sites for hydroxylation is 1. The number of hydrogen-bond donors (Lipinski definition) is 1. The highest BCUT2D eigenvalue weighted by molar-refractivity contribution is 5.93. The van der Waals surface area contributed by atoms with E-state index in [4.69, 9.17) is 5.21 Å². The van der Waals surface area contributed by atoms with Gasteiger partial charge in [0, 0.05) is 0 Å². The molecule has 2 aromatic rings. The third-order valence-electron chi connectivity index (χ3n) is 2.32. The smallest absolute Gasteiger partial charge is 0.338 e. The Morgan fingerprint density at radius 3 is 2.94 bits per heavy atom. The fourth-order valence-corrected chi connectivity index (χ4v) is 1.64. The van der Waals surface area contributed by atoms with Gasteiger partial charge < -0.3 is 9.94 Å². The Bertz CT molecular complexity index is 601. The Labute approximate surface area is 97.1 Å². The van der Waals surface area contributed by atoms with Crippen molar-refractivity contribution in [1.82, 2.24) is 9.61 Å². The van der Waals surface area contributed by atoms with E-state index >= 15 is 0 Å². The lowest BCUT2D eigenvalue weighted by Gasteiger charge is -2.03. The molecule has 2 heterocycles. The number of ether oxygens (including phenoxy) is 1. The average molecular weight is 233 g/mol. The first kappa shape index (κ1) is 11.1. The molecule has 0 saturated carbocycles. The third-order valence-corrected chi connectivity index (χ3v) is 2.32. The Morgan fingerprint density at radius 2 is 2.29 bits per heavy atom. The van der Waals surface area contributed by atoms with E-state index in [-0.39, 0.29) is 0 Å². The van der Waals surface area contributed by atoms with E-state index in [2.05, 4.69) is 15.0 Å². The minimum Gasteiger partial charge on any atom is -0.465 e. The molecule has 88 valence electrons. The molecule has 2 rings (SSSR count). The van der Waals surface area contributed by atoms with Crippen molar-refractivity contribution in [2.24, 2.45) is 5.16 Å². The van der Waals surface area contributed by atoms with Gasteiger partial charge in [0.25, 0.3) is 0 Å². The molecular weight excluding hydrogens is 222 g/mol. The van der Waals surface area contributed by atoms with E-state index in [0.717, 1.165) is 11.2 Å². The van der Waals surface area contributed by atoms with Crippen LogP contribution in [-0.2, 0) is 4.74 Å². The fourth-order valence-electron chi connectivity index (χ4n) is 1.64. The largest absolute Gasteiger partial charge is 0.465 e. The van der Waals surface area contributed by atoms with Crippen LogP contribution in [0.25, 0.3) is 5.52 Å².